The lowest BCUT2D eigenvalue weighted by atomic mass is 10.1. The Labute approximate surface area is 92.1 Å². The van der Waals surface area contributed by atoms with Crippen molar-refractivity contribution >= 4 is 5.91 Å². The molecule has 0 spiro atoms. The van der Waals surface area contributed by atoms with Gasteiger partial charge in [-0.05, 0) is 26.7 Å². The van der Waals surface area contributed by atoms with Gasteiger partial charge in [-0.3, -0.25) is 4.79 Å². The van der Waals surface area contributed by atoms with Crippen LogP contribution >= 0.6 is 0 Å². The molecule has 0 aromatic carbocycles. The molecule has 0 heterocycles. The average Bonchev–Trinajstić information content (AvgIpc) is 2.77. The van der Waals surface area contributed by atoms with E-state index in [0.717, 1.165) is 19.4 Å². The summed E-state index contributed by atoms with van der Waals surface area (Å²) in [5.74, 6) is 0.434. The maximum atomic E-state index is 12.0. The summed E-state index contributed by atoms with van der Waals surface area (Å²) in [5, 5.41) is 8.74. The van der Waals surface area contributed by atoms with Crippen LogP contribution in [0.5, 0.6) is 0 Å². The molecule has 0 aliphatic heterocycles. The largest absolute Gasteiger partial charge is 0.341 e. The van der Waals surface area contributed by atoms with Crippen LogP contribution in [0, 0.1) is 23.2 Å². The van der Waals surface area contributed by atoms with Gasteiger partial charge < -0.3 is 4.90 Å². The smallest absolute Gasteiger partial charge is 0.225 e. The Hall–Kier alpha value is -1.04. The van der Waals surface area contributed by atoms with Gasteiger partial charge in [-0.1, -0.05) is 12.8 Å². The number of hydrogen-bond donors (Lipinski definition) is 0. The molecule has 1 saturated carbocycles. The number of rotatable bonds is 4. The van der Waals surface area contributed by atoms with E-state index in [0.29, 0.717) is 6.54 Å². The molecule has 1 fully saturated rings. The van der Waals surface area contributed by atoms with Crippen LogP contribution in [-0.2, 0) is 4.79 Å². The lowest BCUT2D eigenvalue weighted by Gasteiger charge is -2.25. The highest BCUT2D eigenvalue weighted by Crippen LogP contribution is 2.26. The molecule has 0 aromatic rings. The van der Waals surface area contributed by atoms with Crippen molar-refractivity contribution < 1.29 is 4.79 Å². The standard InChI is InChI=1S/C12H20N2O/c1-3-14(9-10(2)8-13)12(15)11-6-4-5-7-11/h10-11H,3-7,9H2,1-2H3. The van der Waals surface area contributed by atoms with E-state index in [1.165, 1.54) is 12.8 Å². The second-order valence-corrected chi connectivity index (χ2v) is 4.39. The van der Waals surface area contributed by atoms with Gasteiger partial charge in [-0.2, -0.15) is 5.26 Å². The summed E-state index contributed by atoms with van der Waals surface area (Å²) in [4.78, 5) is 13.9. The third-order valence-corrected chi connectivity index (χ3v) is 3.11. The van der Waals surface area contributed by atoms with Gasteiger partial charge in [0.2, 0.25) is 5.91 Å². The second-order valence-electron chi connectivity index (χ2n) is 4.39. The van der Waals surface area contributed by atoms with Gasteiger partial charge >= 0.3 is 0 Å². The first-order valence-corrected chi connectivity index (χ1v) is 5.87. The van der Waals surface area contributed by atoms with Crippen molar-refractivity contribution in [2.24, 2.45) is 11.8 Å². The van der Waals surface area contributed by atoms with Gasteiger partial charge in [0.1, 0.15) is 0 Å². The number of amides is 1. The summed E-state index contributed by atoms with van der Waals surface area (Å²) in [5.41, 5.74) is 0. The van der Waals surface area contributed by atoms with Crippen molar-refractivity contribution in [2.45, 2.75) is 39.5 Å². The summed E-state index contributed by atoms with van der Waals surface area (Å²) < 4.78 is 0. The molecule has 1 aliphatic carbocycles. The van der Waals surface area contributed by atoms with Crippen LogP contribution in [0.1, 0.15) is 39.5 Å². The maximum Gasteiger partial charge on any atom is 0.225 e. The fourth-order valence-electron chi connectivity index (χ4n) is 2.18. The van der Waals surface area contributed by atoms with Crippen LogP contribution in [0.15, 0.2) is 0 Å². The fourth-order valence-corrected chi connectivity index (χ4v) is 2.18. The van der Waals surface area contributed by atoms with Crippen molar-refractivity contribution in [3.63, 3.8) is 0 Å². The predicted octanol–water partition coefficient (Wildman–Crippen LogP) is 2.18. The lowest BCUT2D eigenvalue weighted by molar-refractivity contribution is -0.135. The van der Waals surface area contributed by atoms with E-state index in [4.69, 9.17) is 5.26 Å². The summed E-state index contributed by atoms with van der Waals surface area (Å²) in [6.07, 6.45) is 4.44. The maximum absolute atomic E-state index is 12.0. The summed E-state index contributed by atoms with van der Waals surface area (Å²) in [6.45, 7) is 5.16. The van der Waals surface area contributed by atoms with Crippen LogP contribution < -0.4 is 0 Å². The summed E-state index contributed by atoms with van der Waals surface area (Å²) in [7, 11) is 0. The minimum absolute atomic E-state index is 0.0599. The van der Waals surface area contributed by atoms with Gasteiger partial charge in [0.25, 0.3) is 0 Å². The van der Waals surface area contributed by atoms with Crippen LogP contribution in [0.25, 0.3) is 0 Å². The van der Waals surface area contributed by atoms with E-state index in [1.54, 1.807) is 0 Å². The topological polar surface area (TPSA) is 44.1 Å². The number of carbonyl (C=O) groups is 1. The Bertz CT molecular complexity index is 251. The molecule has 0 saturated heterocycles. The molecule has 3 nitrogen and oxygen atoms in total. The molecule has 1 rings (SSSR count). The first kappa shape index (κ1) is 12.0. The van der Waals surface area contributed by atoms with E-state index in [-0.39, 0.29) is 17.7 Å². The van der Waals surface area contributed by atoms with E-state index >= 15 is 0 Å². The molecule has 84 valence electrons. The molecule has 15 heavy (non-hydrogen) atoms. The van der Waals surface area contributed by atoms with E-state index in [2.05, 4.69) is 6.07 Å². The zero-order valence-electron chi connectivity index (χ0n) is 9.70. The molecular weight excluding hydrogens is 188 g/mol. The fraction of sp³-hybridized carbons (Fsp3) is 0.833. The molecular formula is C12H20N2O. The molecule has 0 radical (unpaired) electrons. The molecule has 1 amide bonds. The van der Waals surface area contributed by atoms with Crippen molar-refractivity contribution in [3.8, 4) is 6.07 Å². The molecule has 0 bridgehead atoms. The van der Waals surface area contributed by atoms with E-state index in [1.807, 2.05) is 18.7 Å². The molecule has 0 N–H and O–H groups in total. The van der Waals surface area contributed by atoms with Crippen LogP contribution in [-0.4, -0.2) is 23.9 Å². The Balaban J connectivity index is 2.50. The normalized spacial score (nSPS) is 18.5. The monoisotopic (exact) mass is 208 g/mol. The number of nitrogens with zero attached hydrogens (tertiary/aromatic N) is 2. The SMILES string of the molecule is CCN(CC(C)C#N)C(=O)C1CCCC1. The van der Waals surface area contributed by atoms with Crippen molar-refractivity contribution in [1.29, 1.82) is 5.26 Å². The molecule has 1 unspecified atom stereocenters. The van der Waals surface area contributed by atoms with Crippen molar-refractivity contribution in [3.05, 3.63) is 0 Å². The third-order valence-electron chi connectivity index (χ3n) is 3.11. The zero-order valence-corrected chi connectivity index (χ0v) is 9.70. The third kappa shape index (κ3) is 3.23. The zero-order chi connectivity index (χ0) is 11.3. The van der Waals surface area contributed by atoms with Gasteiger partial charge in [0.15, 0.2) is 0 Å². The van der Waals surface area contributed by atoms with Crippen molar-refractivity contribution in [1.82, 2.24) is 4.90 Å². The van der Waals surface area contributed by atoms with Crippen LogP contribution in [0.4, 0.5) is 0 Å². The van der Waals surface area contributed by atoms with Crippen LogP contribution in [0.2, 0.25) is 0 Å². The van der Waals surface area contributed by atoms with Crippen molar-refractivity contribution in [2.75, 3.05) is 13.1 Å². The molecule has 1 aliphatic rings. The Morgan fingerprint density at radius 1 is 1.53 bits per heavy atom. The molecule has 3 heteroatoms. The number of nitriles is 1. The highest BCUT2D eigenvalue weighted by molar-refractivity contribution is 5.79. The first-order chi connectivity index (χ1) is 7.19. The Morgan fingerprint density at radius 2 is 2.13 bits per heavy atom. The summed E-state index contributed by atoms with van der Waals surface area (Å²) in [6, 6.07) is 2.18. The molecule has 1 atom stereocenters. The molecule has 0 aromatic heterocycles. The second kappa shape index (κ2) is 5.75. The highest BCUT2D eigenvalue weighted by Gasteiger charge is 2.26. The summed E-state index contributed by atoms with van der Waals surface area (Å²) >= 11 is 0. The van der Waals surface area contributed by atoms with Gasteiger partial charge in [-0.25, -0.2) is 0 Å². The number of hydrogen-bond acceptors (Lipinski definition) is 2. The van der Waals surface area contributed by atoms with Crippen LogP contribution in [0.3, 0.4) is 0 Å². The van der Waals surface area contributed by atoms with Gasteiger partial charge in [0, 0.05) is 19.0 Å². The minimum atomic E-state index is -0.0599. The Kier molecular flexibility index (Phi) is 4.61. The van der Waals surface area contributed by atoms with E-state index < -0.39 is 0 Å². The number of carbonyl (C=O) groups excluding carboxylic acids is 1. The Morgan fingerprint density at radius 3 is 2.60 bits per heavy atom. The van der Waals surface area contributed by atoms with E-state index in [9.17, 15) is 4.79 Å². The predicted molar refractivity (Wildman–Crippen MR) is 59.0 cm³/mol. The highest BCUT2D eigenvalue weighted by atomic mass is 16.2. The average molecular weight is 208 g/mol. The lowest BCUT2D eigenvalue weighted by Crippen LogP contribution is -2.37. The first-order valence-electron chi connectivity index (χ1n) is 5.87. The van der Waals surface area contributed by atoms with Gasteiger partial charge in [0.05, 0.1) is 12.0 Å². The minimum Gasteiger partial charge on any atom is -0.341 e. The quantitative estimate of drug-likeness (QED) is 0.710. The van der Waals surface area contributed by atoms with Gasteiger partial charge in [-0.15, -0.1) is 0 Å².